The van der Waals surface area contributed by atoms with Gasteiger partial charge in [-0.1, -0.05) is 41.9 Å². The molecule has 0 spiro atoms. The molecule has 0 unspecified atom stereocenters. The Balaban J connectivity index is 1.82. The summed E-state index contributed by atoms with van der Waals surface area (Å²) in [6, 6.07) is 10.5. The lowest BCUT2D eigenvalue weighted by atomic mass is 10.2. The topological polar surface area (TPSA) is 51.2 Å². The summed E-state index contributed by atoms with van der Waals surface area (Å²) in [5.74, 6) is -0.510. The Morgan fingerprint density at radius 2 is 2.10 bits per heavy atom. The van der Waals surface area contributed by atoms with Gasteiger partial charge in [0.1, 0.15) is 17.6 Å². The number of ether oxygens (including phenoxy) is 1. The van der Waals surface area contributed by atoms with Crippen LogP contribution in [0.5, 0.6) is 0 Å². The number of carbonyl (C=O) groups is 1. The second-order valence-corrected chi connectivity index (χ2v) is 4.38. The molecule has 1 aromatic heterocycles. The molecule has 20 heavy (non-hydrogen) atoms. The molecule has 1 N–H and O–H groups in total. The molecule has 1 heterocycles. The molecule has 104 valence electrons. The maximum atomic E-state index is 13.0. The first-order valence-corrected chi connectivity index (χ1v) is 6.27. The molecule has 0 aliphatic carbocycles. The fourth-order valence-electron chi connectivity index (χ4n) is 1.53. The Bertz CT molecular complexity index is 593. The smallest absolute Gasteiger partial charge is 0.407 e. The number of nitrogens with zero attached hydrogens (tertiary/aromatic N) is 1. The van der Waals surface area contributed by atoms with Crippen molar-refractivity contribution in [1.82, 2.24) is 10.3 Å². The van der Waals surface area contributed by atoms with Gasteiger partial charge >= 0.3 is 6.09 Å². The summed E-state index contributed by atoms with van der Waals surface area (Å²) in [6.45, 7) is 0.221. The number of hydrogen-bond acceptors (Lipinski definition) is 3. The van der Waals surface area contributed by atoms with Gasteiger partial charge in [0.2, 0.25) is 0 Å². The SMILES string of the molecule is O=C(NCc1cc(F)cnc1Cl)OCc1ccccc1. The van der Waals surface area contributed by atoms with E-state index in [1.165, 1.54) is 6.07 Å². The van der Waals surface area contributed by atoms with Gasteiger partial charge in [0.05, 0.1) is 6.20 Å². The van der Waals surface area contributed by atoms with Gasteiger partial charge in [0, 0.05) is 12.1 Å². The number of alkyl carbamates (subject to hydrolysis) is 1. The maximum Gasteiger partial charge on any atom is 0.407 e. The lowest BCUT2D eigenvalue weighted by molar-refractivity contribution is 0.139. The van der Waals surface area contributed by atoms with E-state index in [4.69, 9.17) is 16.3 Å². The van der Waals surface area contributed by atoms with Crippen LogP contribution in [0.3, 0.4) is 0 Å². The zero-order chi connectivity index (χ0) is 14.4. The number of pyridine rings is 1. The van der Waals surface area contributed by atoms with Crippen molar-refractivity contribution >= 4 is 17.7 Å². The summed E-state index contributed by atoms with van der Waals surface area (Å²) in [5, 5.41) is 2.63. The fraction of sp³-hybridized carbons (Fsp3) is 0.143. The monoisotopic (exact) mass is 294 g/mol. The molecular weight excluding hydrogens is 283 g/mol. The maximum absolute atomic E-state index is 13.0. The third kappa shape index (κ3) is 4.20. The van der Waals surface area contributed by atoms with E-state index in [1.807, 2.05) is 30.3 Å². The summed E-state index contributed by atoms with van der Waals surface area (Å²) < 4.78 is 18.0. The molecule has 4 nitrogen and oxygen atoms in total. The Morgan fingerprint density at radius 3 is 2.85 bits per heavy atom. The van der Waals surface area contributed by atoms with Gasteiger partial charge in [-0.3, -0.25) is 0 Å². The van der Waals surface area contributed by atoms with Crippen molar-refractivity contribution < 1.29 is 13.9 Å². The Labute approximate surface area is 120 Å². The van der Waals surface area contributed by atoms with Gasteiger partial charge in [-0.2, -0.15) is 0 Å². The van der Waals surface area contributed by atoms with Crippen molar-refractivity contribution in [2.45, 2.75) is 13.2 Å². The van der Waals surface area contributed by atoms with Crippen LogP contribution in [0.1, 0.15) is 11.1 Å². The molecule has 0 aliphatic rings. The largest absolute Gasteiger partial charge is 0.445 e. The Kier molecular flexibility index (Phi) is 4.90. The summed E-state index contributed by atoms with van der Waals surface area (Å²) in [4.78, 5) is 15.1. The first-order chi connectivity index (χ1) is 9.65. The van der Waals surface area contributed by atoms with Crippen molar-refractivity contribution in [3.05, 3.63) is 64.7 Å². The predicted octanol–water partition coefficient (Wildman–Crippen LogP) is 3.30. The van der Waals surface area contributed by atoms with Crippen molar-refractivity contribution in [3.8, 4) is 0 Å². The molecule has 0 fully saturated rings. The molecule has 0 atom stereocenters. The zero-order valence-corrected chi connectivity index (χ0v) is 11.2. The van der Waals surface area contributed by atoms with E-state index in [-0.39, 0.29) is 18.3 Å². The van der Waals surface area contributed by atoms with Crippen LogP contribution >= 0.6 is 11.6 Å². The molecule has 0 saturated heterocycles. The van der Waals surface area contributed by atoms with E-state index in [9.17, 15) is 9.18 Å². The van der Waals surface area contributed by atoms with Crippen molar-refractivity contribution in [2.24, 2.45) is 0 Å². The fourth-order valence-corrected chi connectivity index (χ4v) is 1.70. The van der Waals surface area contributed by atoms with Crippen LogP contribution in [-0.2, 0) is 17.9 Å². The van der Waals surface area contributed by atoms with E-state index >= 15 is 0 Å². The molecule has 2 rings (SSSR count). The van der Waals surface area contributed by atoms with Gasteiger partial charge < -0.3 is 10.1 Å². The molecule has 1 aromatic carbocycles. The van der Waals surface area contributed by atoms with Gasteiger partial charge in [-0.25, -0.2) is 14.2 Å². The van der Waals surface area contributed by atoms with Crippen LogP contribution in [0, 0.1) is 5.82 Å². The third-order valence-electron chi connectivity index (χ3n) is 2.51. The summed E-state index contributed by atoms with van der Waals surface area (Å²) in [5.41, 5.74) is 1.27. The van der Waals surface area contributed by atoms with Crippen LogP contribution in [-0.4, -0.2) is 11.1 Å². The minimum Gasteiger partial charge on any atom is -0.445 e. The minimum absolute atomic E-state index is 0.0528. The number of aromatic nitrogens is 1. The van der Waals surface area contributed by atoms with E-state index < -0.39 is 11.9 Å². The average Bonchev–Trinajstić information content (AvgIpc) is 2.47. The minimum atomic E-state index is -0.603. The first kappa shape index (κ1) is 14.3. The second kappa shape index (κ2) is 6.86. The predicted molar refractivity (Wildman–Crippen MR) is 72.7 cm³/mol. The van der Waals surface area contributed by atoms with E-state index in [2.05, 4.69) is 10.3 Å². The molecule has 0 bridgehead atoms. The average molecular weight is 295 g/mol. The summed E-state index contributed by atoms with van der Waals surface area (Å²) in [6.07, 6.45) is 0.411. The molecule has 0 saturated carbocycles. The first-order valence-electron chi connectivity index (χ1n) is 5.89. The zero-order valence-electron chi connectivity index (χ0n) is 10.5. The van der Waals surface area contributed by atoms with E-state index in [0.717, 1.165) is 11.8 Å². The second-order valence-electron chi connectivity index (χ2n) is 4.02. The van der Waals surface area contributed by atoms with E-state index in [0.29, 0.717) is 5.56 Å². The van der Waals surface area contributed by atoms with Gasteiger partial charge in [0.15, 0.2) is 0 Å². The number of hydrogen-bond donors (Lipinski definition) is 1. The van der Waals surface area contributed by atoms with Crippen LogP contribution < -0.4 is 5.32 Å². The van der Waals surface area contributed by atoms with Gasteiger partial charge in [-0.15, -0.1) is 0 Å². The molecular formula is C14H12ClFN2O2. The number of carbonyl (C=O) groups excluding carboxylic acids is 1. The number of amides is 1. The summed E-state index contributed by atoms with van der Waals surface area (Å²) in [7, 11) is 0. The molecule has 2 aromatic rings. The van der Waals surface area contributed by atoms with E-state index in [1.54, 1.807) is 0 Å². The summed E-state index contributed by atoms with van der Waals surface area (Å²) >= 11 is 5.78. The third-order valence-corrected chi connectivity index (χ3v) is 2.85. The van der Waals surface area contributed by atoms with Crippen LogP contribution in [0.2, 0.25) is 5.15 Å². The molecule has 0 aliphatic heterocycles. The number of benzene rings is 1. The standard InChI is InChI=1S/C14H12ClFN2O2/c15-13-11(6-12(16)8-17-13)7-18-14(19)20-9-10-4-2-1-3-5-10/h1-6,8H,7,9H2,(H,18,19). The molecule has 6 heteroatoms. The highest BCUT2D eigenvalue weighted by Gasteiger charge is 2.07. The number of rotatable bonds is 4. The van der Waals surface area contributed by atoms with Crippen LogP contribution in [0.15, 0.2) is 42.6 Å². The lowest BCUT2D eigenvalue weighted by Gasteiger charge is -2.08. The van der Waals surface area contributed by atoms with Gasteiger partial charge in [-0.05, 0) is 11.6 Å². The number of halogens is 2. The van der Waals surface area contributed by atoms with Crippen LogP contribution in [0.25, 0.3) is 0 Å². The molecule has 1 amide bonds. The lowest BCUT2D eigenvalue weighted by Crippen LogP contribution is -2.24. The van der Waals surface area contributed by atoms with Crippen molar-refractivity contribution in [3.63, 3.8) is 0 Å². The highest BCUT2D eigenvalue weighted by molar-refractivity contribution is 6.30. The number of nitrogens with one attached hydrogen (secondary N) is 1. The van der Waals surface area contributed by atoms with Crippen LogP contribution in [0.4, 0.5) is 9.18 Å². The van der Waals surface area contributed by atoms with Crippen molar-refractivity contribution in [2.75, 3.05) is 0 Å². The highest BCUT2D eigenvalue weighted by Crippen LogP contribution is 2.13. The normalized spacial score (nSPS) is 10.1. The van der Waals surface area contributed by atoms with Gasteiger partial charge in [0.25, 0.3) is 0 Å². The molecule has 0 radical (unpaired) electrons. The Hall–Kier alpha value is -2.14. The van der Waals surface area contributed by atoms with Crippen molar-refractivity contribution in [1.29, 1.82) is 0 Å². The quantitative estimate of drug-likeness (QED) is 0.880. The highest BCUT2D eigenvalue weighted by atomic mass is 35.5. The Morgan fingerprint density at radius 1 is 1.35 bits per heavy atom.